The number of amides is 1. The lowest BCUT2D eigenvalue weighted by Crippen LogP contribution is -2.60. The molecule has 4 heterocycles. The zero-order valence-electron chi connectivity index (χ0n) is 25.3. The highest BCUT2D eigenvalue weighted by Gasteiger charge is 2.40. The van der Waals surface area contributed by atoms with E-state index < -0.39 is 27.9 Å². The van der Waals surface area contributed by atoms with Crippen molar-refractivity contribution in [2.75, 3.05) is 55.7 Å². The Morgan fingerprint density at radius 2 is 1.70 bits per heavy atom. The average Bonchev–Trinajstić information content (AvgIpc) is 3.10. The first-order valence-electron chi connectivity index (χ1n) is 15.2. The maximum absolute atomic E-state index is 14.1. The molecular weight excluding hydrogens is 616 g/mol. The number of pyridine rings is 1. The smallest absolute Gasteiger partial charge is 0.273 e. The average molecular weight is 652 g/mol. The molecule has 2 aliphatic heterocycles. The number of morpholine rings is 1. The highest BCUT2D eigenvalue weighted by Crippen LogP contribution is 2.31. The molecule has 242 valence electrons. The van der Waals surface area contributed by atoms with E-state index in [0.717, 1.165) is 5.69 Å². The van der Waals surface area contributed by atoms with E-state index in [1.54, 1.807) is 48.9 Å². The molecule has 2 aliphatic rings. The maximum atomic E-state index is 14.1. The van der Waals surface area contributed by atoms with Gasteiger partial charge in [0.2, 0.25) is 15.9 Å². The van der Waals surface area contributed by atoms with E-state index in [2.05, 4.69) is 25.2 Å². The van der Waals surface area contributed by atoms with Crippen LogP contribution in [0.15, 0.2) is 78.1 Å². The number of ether oxygens (including phenoxy) is 1. The minimum Gasteiger partial charge on any atom is -0.378 e. The van der Waals surface area contributed by atoms with E-state index in [0.29, 0.717) is 48.7 Å². The molecule has 0 saturated carbocycles. The van der Waals surface area contributed by atoms with Crippen LogP contribution in [0.1, 0.15) is 24.5 Å². The van der Waals surface area contributed by atoms with Gasteiger partial charge in [-0.1, -0.05) is 31.2 Å². The predicted molar refractivity (Wildman–Crippen MR) is 169 cm³/mol. The Balaban J connectivity index is 1.24. The number of halogens is 2. The van der Waals surface area contributed by atoms with Crippen molar-refractivity contribution < 1.29 is 26.7 Å². The fourth-order valence-corrected chi connectivity index (χ4v) is 7.21. The molecule has 0 radical (unpaired) electrons. The van der Waals surface area contributed by atoms with Crippen LogP contribution in [-0.4, -0.2) is 85.6 Å². The lowest BCUT2D eigenvalue weighted by Gasteiger charge is -2.40. The number of benzene rings is 2. The molecule has 1 atom stereocenters. The molecule has 0 aliphatic carbocycles. The third-order valence-corrected chi connectivity index (χ3v) is 10.3. The minimum atomic E-state index is -4.08. The van der Waals surface area contributed by atoms with Crippen LogP contribution in [-0.2, 0) is 32.0 Å². The quantitative estimate of drug-likeness (QED) is 0.290. The molecule has 0 spiro atoms. The molecule has 2 saturated heterocycles. The number of alkyl halides is 2. The van der Waals surface area contributed by atoms with Crippen molar-refractivity contribution in [1.82, 2.24) is 24.6 Å². The molecule has 14 heteroatoms. The summed E-state index contributed by atoms with van der Waals surface area (Å²) in [6.45, 7) is 4.45. The summed E-state index contributed by atoms with van der Waals surface area (Å²) < 4.78 is 62.9. The Labute approximate surface area is 266 Å². The number of sulfonamides is 1. The number of aromatic nitrogens is 3. The number of anilines is 2. The Hall–Kier alpha value is -4.27. The van der Waals surface area contributed by atoms with Gasteiger partial charge in [-0.05, 0) is 35.9 Å². The number of hydrogen-bond donors (Lipinski definition) is 1. The van der Waals surface area contributed by atoms with Gasteiger partial charge in [0.05, 0.1) is 36.0 Å². The SMILES string of the molecule is CCC(F)(F)c1ccc(CNC(=O)[C@H]2CN(c3cnc4cnccc4n3)CCN2S(=O)(=O)c2ccc(N3CCOCC3)cc2)cc1. The van der Waals surface area contributed by atoms with E-state index in [4.69, 9.17) is 4.74 Å². The number of fused-ring (bicyclic) bond motifs is 1. The van der Waals surface area contributed by atoms with Gasteiger partial charge in [-0.25, -0.2) is 27.2 Å². The molecule has 1 amide bonds. The highest BCUT2D eigenvalue weighted by molar-refractivity contribution is 7.89. The lowest BCUT2D eigenvalue weighted by atomic mass is 10.0. The summed E-state index contributed by atoms with van der Waals surface area (Å²) >= 11 is 0. The van der Waals surface area contributed by atoms with Crippen molar-refractivity contribution in [1.29, 1.82) is 0 Å². The summed E-state index contributed by atoms with van der Waals surface area (Å²) in [5.41, 5.74) is 2.65. The third kappa shape index (κ3) is 6.64. The Morgan fingerprint density at radius 3 is 2.41 bits per heavy atom. The number of rotatable bonds is 9. The second-order valence-corrected chi connectivity index (χ2v) is 13.1. The van der Waals surface area contributed by atoms with Gasteiger partial charge in [0.15, 0.2) is 0 Å². The molecule has 6 rings (SSSR count). The van der Waals surface area contributed by atoms with Gasteiger partial charge in [0, 0.05) is 63.1 Å². The molecule has 2 fully saturated rings. The third-order valence-electron chi connectivity index (χ3n) is 8.40. The van der Waals surface area contributed by atoms with Crippen LogP contribution < -0.4 is 15.1 Å². The number of piperazine rings is 1. The standard InChI is InChI=1S/C32H35F2N7O4S/c1-2-32(33,34)24-5-3-23(4-6-24)19-37-31(42)29-22-40(30-21-36-28-20-35-12-11-27(28)38-30)13-14-41(29)46(43,44)26-9-7-25(8-10-26)39-15-17-45-18-16-39/h3-12,20-21,29H,2,13-19,22H2,1H3,(H,37,42)/t29-/m1/s1. The van der Waals surface area contributed by atoms with E-state index in [1.165, 1.54) is 35.5 Å². The van der Waals surface area contributed by atoms with Gasteiger partial charge in [-0.3, -0.25) is 9.78 Å². The number of carbonyl (C=O) groups excluding carboxylic acids is 1. The van der Waals surface area contributed by atoms with Crippen LogP contribution in [0, 0.1) is 0 Å². The maximum Gasteiger partial charge on any atom is 0.273 e. The van der Waals surface area contributed by atoms with Gasteiger partial charge < -0.3 is 19.9 Å². The van der Waals surface area contributed by atoms with E-state index in [1.807, 2.05) is 4.90 Å². The summed E-state index contributed by atoms with van der Waals surface area (Å²) in [4.78, 5) is 31.0. The molecule has 46 heavy (non-hydrogen) atoms. The van der Waals surface area contributed by atoms with E-state index in [-0.39, 0.29) is 43.1 Å². The van der Waals surface area contributed by atoms with Gasteiger partial charge in [-0.15, -0.1) is 0 Å². The molecule has 11 nitrogen and oxygen atoms in total. The Bertz CT molecular complexity index is 1790. The van der Waals surface area contributed by atoms with Crippen molar-refractivity contribution in [2.45, 2.75) is 36.7 Å². The summed E-state index contributed by atoms with van der Waals surface area (Å²) in [5.74, 6) is -2.94. The van der Waals surface area contributed by atoms with Crippen molar-refractivity contribution in [3.8, 4) is 0 Å². The number of carbonyl (C=O) groups is 1. The summed E-state index contributed by atoms with van der Waals surface area (Å²) in [5, 5.41) is 2.83. The molecule has 0 unspecified atom stereocenters. The van der Waals surface area contributed by atoms with Crippen molar-refractivity contribution in [3.63, 3.8) is 0 Å². The zero-order valence-corrected chi connectivity index (χ0v) is 26.2. The van der Waals surface area contributed by atoms with Gasteiger partial charge in [-0.2, -0.15) is 4.31 Å². The highest BCUT2D eigenvalue weighted by atomic mass is 32.2. The Kier molecular flexibility index (Phi) is 9.11. The molecule has 1 N–H and O–H groups in total. The molecular formula is C32H35F2N7O4S. The molecule has 4 aromatic rings. The largest absolute Gasteiger partial charge is 0.378 e. The monoisotopic (exact) mass is 651 g/mol. The topological polar surface area (TPSA) is 121 Å². The lowest BCUT2D eigenvalue weighted by molar-refractivity contribution is -0.125. The first-order chi connectivity index (χ1) is 22.2. The van der Waals surface area contributed by atoms with Crippen molar-refractivity contribution >= 4 is 38.5 Å². The van der Waals surface area contributed by atoms with Crippen LogP contribution in [0.4, 0.5) is 20.3 Å². The first-order valence-corrected chi connectivity index (χ1v) is 16.6. The zero-order chi connectivity index (χ0) is 32.3. The second-order valence-electron chi connectivity index (χ2n) is 11.2. The van der Waals surface area contributed by atoms with Crippen LogP contribution in [0.25, 0.3) is 11.0 Å². The van der Waals surface area contributed by atoms with E-state index >= 15 is 0 Å². The van der Waals surface area contributed by atoms with Gasteiger partial charge in [0.1, 0.15) is 17.4 Å². The Morgan fingerprint density at radius 1 is 0.957 bits per heavy atom. The summed E-state index contributed by atoms with van der Waals surface area (Å²) in [6.07, 6.45) is 4.48. The fraction of sp³-hybridized carbons (Fsp3) is 0.375. The van der Waals surface area contributed by atoms with Crippen molar-refractivity contribution in [2.24, 2.45) is 0 Å². The molecule has 2 aromatic carbocycles. The van der Waals surface area contributed by atoms with Crippen LogP contribution >= 0.6 is 0 Å². The number of nitrogens with one attached hydrogen (secondary N) is 1. The number of nitrogens with zero attached hydrogens (tertiary/aromatic N) is 6. The van der Waals surface area contributed by atoms with Crippen LogP contribution in [0.3, 0.4) is 0 Å². The van der Waals surface area contributed by atoms with E-state index in [9.17, 15) is 22.0 Å². The second kappa shape index (κ2) is 13.2. The summed E-state index contributed by atoms with van der Waals surface area (Å²) in [6, 6.07) is 13.1. The summed E-state index contributed by atoms with van der Waals surface area (Å²) in [7, 11) is -4.08. The minimum absolute atomic E-state index is 0.0303. The van der Waals surface area contributed by atoms with Gasteiger partial charge in [0.25, 0.3) is 5.92 Å². The first kappa shape index (κ1) is 31.7. The fourth-order valence-electron chi connectivity index (χ4n) is 5.64. The molecule has 2 aromatic heterocycles. The van der Waals surface area contributed by atoms with Gasteiger partial charge >= 0.3 is 0 Å². The normalized spacial score (nSPS) is 18.1. The predicted octanol–water partition coefficient (Wildman–Crippen LogP) is 3.56. The number of hydrogen-bond acceptors (Lipinski definition) is 9. The molecule has 0 bridgehead atoms. The van der Waals surface area contributed by atoms with Crippen LogP contribution in [0.5, 0.6) is 0 Å². The van der Waals surface area contributed by atoms with Crippen molar-refractivity contribution in [3.05, 3.63) is 84.3 Å². The van der Waals surface area contributed by atoms with Crippen LogP contribution in [0.2, 0.25) is 0 Å².